The van der Waals surface area contributed by atoms with Crippen LogP contribution in [0.15, 0.2) is 65.1 Å². The molecule has 1 aliphatic rings. The molecule has 0 amide bonds. The smallest absolute Gasteiger partial charge is 0.144 e. The summed E-state index contributed by atoms with van der Waals surface area (Å²) in [6.07, 6.45) is 6.48. The molecular formula is C22H15IO. The second kappa shape index (κ2) is 5.49. The average Bonchev–Trinajstić information content (AvgIpc) is 3.02. The largest absolute Gasteiger partial charge is 0.456 e. The molecule has 0 spiro atoms. The zero-order valence-electron chi connectivity index (χ0n) is 13.1. The van der Waals surface area contributed by atoms with Crippen LogP contribution >= 0.6 is 22.6 Å². The van der Waals surface area contributed by atoms with E-state index in [9.17, 15) is 0 Å². The van der Waals surface area contributed by atoms with Crippen molar-refractivity contribution in [1.82, 2.24) is 0 Å². The van der Waals surface area contributed by atoms with Gasteiger partial charge in [-0.2, -0.15) is 0 Å². The number of halogens is 1. The summed E-state index contributed by atoms with van der Waals surface area (Å²) < 4.78 is 7.63. The third kappa shape index (κ3) is 1.99. The summed E-state index contributed by atoms with van der Waals surface area (Å²) in [5.41, 5.74) is 4.82. The Kier molecular flexibility index (Phi) is 3.27. The molecule has 3 aromatic carbocycles. The summed E-state index contributed by atoms with van der Waals surface area (Å²) in [6, 6.07) is 19.3. The highest BCUT2D eigenvalue weighted by Crippen LogP contribution is 2.44. The summed E-state index contributed by atoms with van der Waals surface area (Å²) in [5, 5.41) is 3.91. The summed E-state index contributed by atoms with van der Waals surface area (Å²) in [5.74, 6) is 1.03. The lowest BCUT2D eigenvalue weighted by Gasteiger charge is -2.11. The van der Waals surface area contributed by atoms with Crippen molar-refractivity contribution in [2.75, 3.05) is 0 Å². The van der Waals surface area contributed by atoms with Gasteiger partial charge in [-0.1, -0.05) is 60.7 Å². The van der Waals surface area contributed by atoms with Gasteiger partial charge in [-0.15, -0.1) is 0 Å². The number of hydrogen-bond donors (Lipinski definition) is 0. The van der Waals surface area contributed by atoms with E-state index in [1.54, 1.807) is 0 Å². The second-order valence-electron chi connectivity index (χ2n) is 6.19. The van der Waals surface area contributed by atoms with Gasteiger partial charge in [-0.05, 0) is 57.8 Å². The Morgan fingerprint density at radius 3 is 2.46 bits per heavy atom. The quantitative estimate of drug-likeness (QED) is 0.307. The van der Waals surface area contributed by atoms with Gasteiger partial charge >= 0.3 is 0 Å². The highest BCUT2D eigenvalue weighted by atomic mass is 127. The monoisotopic (exact) mass is 422 g/mol. The predicted octanol–water partition coefficient (Wildman–Crippen LogP) is 6.82. The topological polar surface area (TPSA) is 13.1 Å². The molecule has 0 fully saturated rings. The lowest BCUT2D eigenvalue weighted by Crippen LogP contribution is -1.92. The SMILES string of the molecule is Ic1c(-c2ccccc2)c2oc3c(c2c2ccccc12)CCC=C3. The molecule has 1 aliphatic carbocycles. The van der Waals surface area contributed by atoms with Crippen molar-refractivity contribution in [2.24, 2.45) is 0 Å². The van der Waals surface area contributed by atoms with E-state index in [0.717, 1.165) is 24.2 Å². The van der Waals surface area contributed by atoms with Crippen LogP contribution in [0.5, 0.6) is 0 Å². The van der Waals surface area contributed by atoms with E-state index < -0.39 is 0 Å². The molecule has 0 aliphatic heterocycles. The minimum Gasteiger partial charge on any atom is -0.456 e. The Morgan fingerprint density at radius 2 is 1.62 bits per heavy atom. The van der Waals surface area contributed by atoms with Gasteiger partial charge in [0.15, 0.2) is 0 Å². The molecule has 116 valence electrons. The van der Waals surface area contributed by atoms with Gasteiger partial charge in [0.05, 0.1) is 0 Å². The first-order chi connectivity index (χ1) is 11.8. The Hall–Kier alpha value is -2.07. The third-order valence-electron chi connectivity index (χ3n) is 4.81. The maximum Gasteiger partial charge on any atom is 0.144 e. The molecular weight excluding hydrogens is 407 g/mol. The molecule has 0 saturated carbocycles. The molecule has 2 heteroatoms. The minimum absolute atomic E-state index is 1.03. The fourth-order valence-corrected chi connectivity index (χ4v) is 4.76. The van der Waals surface area contributed by atoms with Gasteiger partial charge in [-0.3, -0.25) is 0 Å². The van der Waals surface area contributed by atoms with E-state index >= 15 is 0 Å². The Balaban J connectivity index is 2.03. The summed E-state index contributed by atoms with van der Waals surface area (Å²) in [7, 11) is 0. The van der Waals surface area contributed by atoms with Crippen molar-refractivity contribution in [3.05, 3.63) is 75.6 Å². The highest BCUT2D eigenvalue weighted by Gasteiger charge is 2.23. The first kappa shape index (κ1) is 14.3. The van der Waals surface area contributed by atoms with Crippen molar-refractivity contribution < 1.29 is 4.42 Å². The average molecular weight is 422 g/mol. The van der Waals surface area contributed by atoms with Gasteiger partial charge in [0.1, 0.15) is 11.3 Å². The molecule has 0 saturated heterocycles. The fourth-order valence-electron chi connectivity index (χ4n) is 3.73. The maximum absolute atomic E-state index is 6.37. The highest BCUT2D eigenvalue weighted by molar-refractivity contribution is 14.1. The standard InChI is InChI=1S/C22H15IO/c23-21-16-11-5-4-10-15(16)20-17-12-6-7-13-18(17)24-22(20)19(21)14-8-2-1-3-9-14/h1-5,7-11,13H,6,12H2. The third-order valence-corrected chi connectivity index (χ3v) is 5.93. The van der Waals surface area contributed by atoms with Crippen molar-refractivity contribution in [2.45, 2.75) is 12.8 Å². The summed E-state index contributed by atoms with van der Waals surface area (Å²) >= 11 is 2.47. The number of furan rings is 1. The summed E-state index contributed by atoms with van der Waals surface area (Å²) in [6.45, 7) is 0. The molecule has 5 rings (SSSR count). The van der Waals surface area contributed by atoms with Gasteiger partial charge < -0.3 is 4.42 Å². The molecule has 0 radical (unpaired) electrons. The van der Waals surface area contributed by atoms with E-state index in [1.165, 1.54) is 36.4 Å². The second-order valence-corrected chi connectivity index (χ2v) is 7.27. The number of aryl methyl sites for hydroxylation is 1. The number of benzene rings is 3. The van der Waals surface area contributed by atoms with E-state index in [-0.39, 0.29) is 0 Å². The van der Waals surface area contributed by atoms with Crippen LogP contribution in [-0.2, 0) is 6.42 Å². The lowest BCUT2D eigenvalue weighted by molar-refractivity contribution is 0.596. The maximum atomic E-state index is 6.37. The normalized spacial score (nSPS) is 13.5. The van der Waals surface area contributed by atoms with Crippen LogP contribution in [0.25, 0.3) is 38.9 Å². The van der Waals surface area contributed by atoms with Crippen LogP contribution in [0.3, 0.4) is 0 Å². The first-order valence-corrected chi connectivity index (χ1v) is 9.30. The molecule has 24 heavy (non-hydrogen) atoms. The lowest BCUT2D eigenvalue weighted by atomic mass is 9.93. The number of allylic oxidation sites excluding steroid dienone is 1. The number of hydrogen-bond acceptors (Lipinski definition) is 1. The van der Waals surface area contributed by atoms with Crippen LogP contribution in [0.1, 0.15) is 17.7 Å². The number of rotatable bonds is 1. The van der Waals surface area contributed by atoms with Gasteiger partial charge in [0.25, 0.3) is 0 Å². The van der Waals surface area contributed by atoms with Crippen LogP contribution in [0.4, 0.5) is 0 Å². The van der Waals surface area contributed by atoms with Gasteiger partial charge in [0.2, 0.25) is 0 Å². The molecule has 0 atom stereocenters. The van der Waals surface area contributed by atoms with Crippen LogP contribution in [-0.4, -0.2) is 0 Å². The van der Waals surface area contributed by atoms with Gasteiger partial charge in [0, 0.05) is 20.1 Å². The van der Waals surface area contributed by atoms with E-state index in [0.29, 0.717) is 0 Å². The van der Waals surface area contributed by atoms with E-state index in [2.05, 4.69) is 89.3 Å². The number of fused-ring (bicyclic) bond motifs is 5. The Bertz CT molecular complexity index is 1100. The van der Waals surface area contributed by atoms with E-state index in [1.807, 2.05) is 0 Å². The minimum atomic E-state index is 1.03. The van der Waals surface area contributed by atoms with Crippen molar-refractivity contribution in [3.8, 4) is 11.1 Å². The van der Waals surface area contributed by atoms with Crippen molar-refractivity contribution in [1.29, 1.82) is 0 Å². The Morgan fingerprint density at radius 1 is 0.875 bits per heavy atom. The molecule has 1 aromatic heterocycles. The summed E-state index contributed by atoms with van der Waals surface area (Å²) in [4.78, 5) is 0. The first-order valence-electron chi connectivity index (χ1n) is 8.22. The molecule has 1 heterocycles. The predicted molar refractivity (Wildman–Crippen MR) is 109 cm³/mol. The van der Waals surface area contributed by atoms with Crippen LogP contribution < -0.4 is 0 Å². The van der Waals surface area contributed by atoms with Crippen LogP contribution in [0.2, 0.25) is 0 Å². The van der Waals surface area contributed by atoms with Gasteiger partial charge in [-0.25, -0.2) is 0 Å². The van der Waals surface area contributed by atoms with Crippen LogP contribution in [0, 0.1) is 3.57 Å². The van der Waals surface area contributed by atoms with E-state index in [4.69, 9.17) is 4.42 Å². The molecule has 0 N–H and O–H groups in total. The fraction of sp³-hybridized carbons (Fsp3) is 0.0909. The molecule has 4 aromatic rings. The Labute approximate surface area is 154 Å². The van der Waals surface area contributed by atoms with Crippen molar-refractivity contribution >= 4 is 50.4 Å². The molecule has 1 nitrogen and oxygen atoms in total. The molecule has 0 unspecified atom stereocenters. The molecule has 0 bridgehead atoms. The zero-order chi connectivity index (χ0) is 16.1. The zero-order valence-corrected chi connectivity index (χ0v) is 15.2. The van der Waals surface area contributed by atoms with Crippen molar-refractivity contribution in [3.63, 3.8) is 0 Å².